The molecule has 0 unspecified atom stereocenters. The first-order chi connectivity index (χ1) is 11.0. The smallest absolute Gasteiger partial charge is 0.221 e. The van der Waals surface area contributed by atoms with Gasteiger partial charge in [0.2, 0.25) is 5.95 Å². The van der Waals surface area contributed by atoms with E-state index >= 15 is 0 Å². The van der Waals surface area contributed by atoms with E-state index < -0.39 is 0 Å². The molecule has 8 heteroatoms. The number of benzene rings is 1. The number of aromatic nitrogens is 2. The summed E-state index contributed by atoms with van der Waals surface area (Å²) in [5.74, 6) is 1.52. The molecule has 0 saturated heterocycles. The minimum Gasteiger partial charge on any atom is -0.496 e. The zero-order chi connectivity index (χ0) is 17.0. The number of hydrogen-bond donors (Lipinski definition) is 3. The zero-order valence-electron chi connectivity index (χ0n) is 13.2. The predicted octanol–water partition coefficient (Wildman–Crippen LogP) is 1.45. The van der Waals surface area contributed by atoms with Crippen molar-refractivity contribution < 1.29 is 14.7 Å². The fourth-order valence-electron chi connectivity index (χ4n) is 2.27. The lowest BCUT2D eigenvalue weighted by molar-refractivity contribution is 0.318. The van der Waals surface area contributed by atoms with Crippen molar-refractivity contribution in [3.63, 3.8) is 0 Å². The molecule has 0 fully saturated rings. The molecule has 8 nitrogen and oxygen atoms in total. The minimum absolute atomic E-state index is 0.131. The SMILES string of the molecule is COc1cc(Cc2cnc(N)nc2N)cc(OC)c1/C(C)=N\O. The molecule has 0 aliphatic heterocycles. The highest BCUT2D eigenvalue weighted by atomic mass is 16.5. The Kier molecular flexibility index (Phi) is 4.85. The molecule has 0 atom stereocenters. The van der Waals surface area contributed by atoms with E-state index in [2.05, 4.69) is 15.1 Å². The average Bonchev–Trinajstić information content (AvgIpc) is 2.55. The summed E-state index contributed by atoms with van der Waals surface area (Å²) < 4.78 is 10.8. The quantitative estimate of drug-likeness (QED) is 0.432. The molecule has 0 saturated carbocycles. The molecular weight excluding hydrogens is 298 g/mol. The highest BCUT2D eigenvalue weighted by Crippen LogP contribution is 2.32. The number of nitrogens with two attached hydrogens (primary N) is 2. The molecule has 1 heterocycles. The normalized spacial score (nSPS) is 11.3. The van der Waals surface area contributed by atoms with E-state index in [-0.39, 0.29) is 5.95 Å². The number of oxime groups is 1. The largest absolute Gasteiger partial charge is 0.496 e. The van der Waals surface area contributed by atoms with Gasteiger partial charge in [-0.3, -0.25) is 0 Å². The van der Waals surface area contributed by atoms with Gasteiger partial charge in [-0.1, -0.05) is 5.16 Å². The molecule has 0 radical (unpaired) electrons. The van der Waals surface area contributed by atoms with Crippen LogP contribution in [-0.2, 0) is 6.42 Å². The van der Waals surface area contributed by atoms with Gasteiger partial charge in [-0.2, -0.15) is 4.98 Å². The van der Waals surface area contributed by atoms with E-state index in [1.54, 1.807) is 13.1 Å². The summed E-state index contributed by atoms with van der Waals surface area (Å²) in [7, 11) is 3.07. The molecule has 0 amide bonds. The molecule has 1 aromatic carbocycles. The topological polar surface area (TPSA) is 129 Å². The standard InChI is InChI=1S/C15H19N5O3/c1-8(20-21)13-11(22-2)5-9(6-12(13)23-3)4-10-7-18-15(17)19-14(10)16/h5-7,21H,4H2,1-3H3,(H4,16,17,18,19)/b20-8-. The monoisotopic (exact) mass is 317 g/mol. The maximum absolute atomic E-state index is 9.03. The molecule has 0 aliphatic rings. The number of anilines is 2. The Morgan fingerprint density at radius 3 is 2.30 bits per heavy atom. The summed E-state index contributed by atoms with van der Waals surface area (Å²) in [5, 5.41) is 12.2. The van der Waals surface area contributed by atoms with E-state index in [4.69, 9.17) is 26.1 Å². The van der Waals surface area contributed by atoms with Crippen molar-refractivity contribution in [2.75, 3.05) is 25.7 Å². The minimum atomic E-state index is 0.131. The Hall–Kier alpha value is -3.03. The van der Waals surface area contributed by atoms with Gasteiger partial charge in [-0.25, -0.2) is 4.98 Å². The highest BCUT2D eigenvalue weighted by molar-refractivity contribution is 6.03. The van der Waals surface area contributed by atoms with E-state index in [1.807, 2.05) is 12.1 Å². The van der Waals surface area contributed by atoms with E-state index in [0.717, 1.165) is 11.1 Å². The summed E-state index contributed by atoms with van der Waals surface area (Å²) in [5.41, 5.74) is 14.0. The van der Waals surface area contributed by atoms with Gasteiger partial charge in [0.25, 0.3) is 0 Å². The lowest BCUT2D eigenvalue weighted by Gasteiger charge is -2.15. The number of rotatable bonds is 5. The van der Waals surface area contributed by atoms with Crippen LogP contribution < -0.4 is 20.9 Å². The van der Waals surface area contributed by atoms with Crippen molar-refractivity contribution in [1.82, 2.24) is 9.97 Å². The Bertz CT molecular complexity index is 721. The number of ether oxygens (including phenoxy) is 2. The average molecular weight is 317 g/mol. The van der Waals surface area contributed by atoms with Crippen LogP contribution in [0.15, 0.2) is 23.5 Å². The Morgan fingerprint density at radius 1 is 1.22 bits per heavy atom. The number of nitrogen functional groups attached to an aromatic ring is 2. The summed E-state index contributed by atoms with van der Waals surface area (Å²) in [4.78, 5) is 7.90. The van der Waals surface area contributed by atoms with Gasteiger partial charge in [0, 0.05) is 18.2 Å². The first-order valence-electron chi connectivity index (χ1n) is 6.81. The van der Waals surface area contributed by atoms with Gasteiger partial charge in [-0.15, -0.1) is 0 Å². The van der Waals surface area contributed by atoms with Gasteiger partial charge in [0.1, 0.15) is 17.3 Å². The van der Waals surface area contributed by atoms with Crippen LogP contribution in [-0.4, -0.2) is 35.1 Å². The Balaban J connectivity index is 2.48. The fraction of sp³-hybridized carbons (Fsp3) is 0.267. The Labute approximate surface area is 133 Å². The first kappa shape index (κ1) is 16.3. The molecule has 0 spiro atoms. The molecule has 122 valence electrons. The van der Waals surface area contributed by atoms with Gasteiger partial charge in [0.15, 0.2) is 0 Å². The summed E-state index contributed by atoms with van der Waals surface area (Å²) in [6, 6.07) is 3.64. The second kappa shape index (κ2) is 6.82. The summed E-state index contributed by atoms with van der Waals surface area (Å²) in [6.45, 7) is 1.66. The summed E-state index contributed by atoms with van der Waals surface area (Å²) >= 11 is 0. The van der Waals surface area contributed by atoms with E-state index in [1.165, 1.54) is 14.2 Å². The van der Waals surface area contributed by atoms with Crippen molar-refractivity contribution in [1.29, 1.82) is 0 Å². The fourth-order valence-corrected chi connectivity index (χ4v) is 2.27. The molecule has 2 aromatic rings. The zero-order valence-corrected chi connectivity index (χ0v) is 13.2. The number of hydrogen-bond acceptors (Lipinski definition) is 8. The number of methoxy groups -OCH3 is 2. The molecule has 1 aromatic heterocycles. The van der Waals surface area contributed by atoms with Crippen LogP contribution in [0.3, 0.4) is 0 Å². The van der Waals surface area contributed by atoms with Gasteiger partial charge in [-0.05, 0) is 24.6 Å². The van der Waals surface area contributed by atoms with Crippen LogP contribution in [0.5, 0.6) is 11.5 Å². The van der Waals surface area contributed by atoms with E-state index in [9.17, 15) is 0 Å². The van der Waals surface area contributed by atoms with Crippen LogP contribution in [0.2, 0.25) is 0 Å². The third kappa shape index (κ3) is 3.42. The van der Waals surface area contributed by atoms with Gasteiger partial charge < -0.3 is 26.1 Å². The van der Waals surface area contributed by atoms with Crippen molar-refractivity contribution in [3.05, 3.63) is 35.0 Å². The van der Waals surface area contributed by atoms with Crippen LogP contribution in [0.4, 0.5) is 11.8 Å². The molecule has 0 bridgehead atoms. The van der Waals surface area contributed by atoms with Crippen molar-refractivity contribution >= 4 is 17.5 Å². The maximum Gasteiger partial charge on any atom is 0.221 e. The van der Waals surface area contributed by atoms with Crippen LogP contribution in [0.25, 0.3) is 0 Å². The Morgan fingerprint density at radius 2 is 1.83 bits per heavy atom. The first-order valence-corrected chi connectivity index (χ1v) is 6.81. The van der Waals surface area contributed by atoms with Crippen LogP contribution in [0.1, 0.15) is 23.6 Å². The molecular formula is C15H19N5O3. The van der Waals surface area contributed by atoms with Crippen LogP contribution >= 0.6 is 0 Å². The highest BCUT2D eigenvalue weighted by Gasteiger charge is 2.16. The predicted molar refractivity (Wildman–Crippen MR) is 87.2 cm³/mol. The van der Waals surface area contributed by atoms with Crippen molar-refractivity contribution in [2.45, 2.75) is 13.3 Å². The lowest BCUT2D eigenvalue weighted by Crippen LogP contribution is -2.06. The lowest BCUT2D eigenvalue weighted by atomic mass is 10.0. The second-order valence-electron chi connectivity index (χ2n) is 4.88. The van der Waals surface area contributed by atoms with Crippen molar-refractivity contribution in [3.8, 4) is 11.5 Å². The third-order valence-corrected chi connectivity index (χ3v) is 3.39. The summed E-state index contributed by atoms with van der Waals surface area (Å²) in [6.07, 6.45) is 2.07. The molecule has 5 N–H and O–H groups in total. The molecule has 23 heavy (non-hydrogen) atoms. The third-order valence-electron chi connectivity index (χ3n) is 3.39. The van der Waals surface area contributed by atoms with Crippen LogP contribution in [0, 0.1) is 0 Å². The van der Waals surface area contributed by atoms with Gasteiger partial charge >= 0.3 is 0 Å². The van der Waals surface area contributed by atoms with Gasteiger partial charge in [0.05, 0.1) is 25.5 Å². The maximum atomic E-state index is 9.03. The molecule has 0 aliphatic carbocycles. The van der Waals surface area contributed by atoms with Crippen molar-refractivity contribution in [2.24, 2.45) is 5.16 Å². The van der Waals surface area contributed by atoms with E-state index in [0.29, 0.717) is 35.0 Å². The molecule has 2 rings (SSSR count). The number of nitrogens with zero attached hydrogens (tertiary/aromatic N) is 3. The second-order valence-corrected chi connectivity index (χ2v) is 4.88.